The Hall–Kier alpha value is -1.44. The Labute approximate surface area is 121 Å². The van der Waals surface area contributed by atoms with Gasteiger partial charge in [-0.05, 0) is 62.3 Å². The van der Waals surface area contributed by atoms with Crippen LogP contribution in [-0.2, 0) is 0 Å². The maximum atomic E-state index is 3.77. The normalized spacial score (nSPS) is 31.2. The summed E-state index contributed by atoms with van der Waals surface area (Å²) in [5.74, 6) is 1.71. The van der Waals surface area contributed by atoms with E-state index in [2.05, 4.69) is 47.5 Å². The summed E-state index contributed by atoms with van der Waals surface area (Å²) >= 11 is 0. The van der Waals surface area contributed by atoms with Crippen molar-refractivity contribution in [3.05, 3.63) is 35.9 Å². The summed E-state index contributed by atoms with van der Waals surface area (Å²) in [4.78, 5) is 2.51. The molecule has 3 unspecified atom stereocenters. The third-order valence-corrected chi connectivity index (χ3v) is 5.38. The molecule has 1 aliphatic heterocycles. The van der Waals surface area contributed by atoms with Gasteiger partial charge in [-0.1, -0.05) is 12.2 Å². The first-order valence-electron chi connectivity index (χ1n) is 8.10. The zero-order valence-electron chi connectivity index (χ0n) is 12.3. The minimum Gasteiger partial charge on any atom is -0.381 e. The number of aryl methyl sites for hydroxylation is 1. The average Bonchev–Trinajstić information content (AvgIpc) is 3.07. The number of nitrogens with zero attached hydrogens (tertiary/aromatic N) is 1. The first-order valence-corrected chi connectivity index (χ1v) is 8.10. The zero-order chi connectivity index (χ0) is 13.5. The largest absolute Gasteiger partial charge is 0.381 e. The SMILES string of the molecule is Cc1cc(N2CCCC2)ccc1NC1CC2CC=CC21. The molecule has 20 heavy (non-hydrogen) atoms. The Morgan fingerprint density at radius 2 is 2.05 bits per heavy atom. The molecular weight excluding hydrogens is 244 g/mol. The van der Waals surface area contributed by atoms with Crippen LogP contribution in [0.25, 0.3) is 0 Å². The van der Waals surface area contributed by atoms with E-state index in [1.807, 2.05) is 0 Å². The van der Waals surface area contributed by atoms with Gasteiger partial charge in [0.1, 0.15) is 0 Å². The number of fused-ring (bicyclic) bond motifs is 1. The van der Waals surface area contributed by atoms with Gasteiger partial charge in [-0.2, -0.15) is 0 Å². The van der Waals surface area contributed by atoms with Gasteiger partial charge < -0.3 is 10.2 Å². The molecule has 1 saturated carbocycles. The van der Waals surface area contributed by atoms with Gasteiger partial charge in [0.25, 0.3) is 0 Å². The van der Waals surface area contributed by atoms with Crippen LogP contribution in [0.15, 0.2) is 30.4 Å². The van der Waals surface area contributed by atoms with Crippen LogP contribution in [0.2, 0.25) is 0 Å². The second-order valence-corrected chi connectivity index (χ2v) is 6.68. The molecule has 2 heteroatoms. The van der Waals surface area contributed by atoms with Crippen LogP contribution in [0.3, 0.4) is 0 Å². The van der Waals surface area contributed by atoms with Crippen molar-refractivity contribution in [2.45, 2.75) is 38.6 Å². The van der Waals surface area contributed by atoms with Gasteiger partial charge in [0.15, 0.2) is 0 Å². The lowest BCUT2D eigenvalue weighted by atomic mass is 9.71. The average molecular weight is 268 g/mol. The van der Waals surface area contributed by atoms with Crippen LogP contribution in [0.5, 0.6) is 0 Å². The predicted octanol–water partition coefficient (Wildman–Crippen LogP) is 3.97. The predicted molar refractivity (Wildman–Crippen MR) is 85.4 cm³/mol. The van der Waals surface area contributed by atoms with E-state index in [9.17, 15) is 0 Å². The Kier molecular flexibility index (Phi) is 2.98. The molecule has 1 N–H and O–H groups in total. The van der Waals surface area contributed by atoms with Gasteiger partial charge in [0.2, 0.25) is 0 Å². The Morgan fingerprint density at radius 3 is 2.80 bits per heavy atom. The van der Waals surface area contributed by atoms with Gasteiger partial charge in [0, 0.05) is 36.4 Å². The fraction of sp³-hybridized carbons (Fsp3) is 0.556. The second kappa shape index (κ2) is 4.83. The topological polar surface area (TPSA) is 15.3 Å². The van der Waals surface area contributed by atoms with E-state index in [-0.39, 0.29) is 0 Å². The smallest absolute Gasteiger partial charge is 0.0373 e. The van der Waals surface area contributed by atoms with E-state index in [1.54, 1.807) is 0 Å². The molecule has 3 aliphatic rings. The van der Waals surface area contributed by atoms with E-state index in [0.717, 1.165) is 11.8 Å². The third kappa shape index (κ3) is 2.02. The van der Waals surface area contributed by atoms with Crippen LogP contribution < -0.4 is 10.2 Å². The summed E-state index contributed by atoms with van der Waals surface area (Å²) in [6.07, 6.45) is 10.1. The summed E-state index contributed by atoms with van der Waals surface area (Å²) in [6, 6.07) is 7.60. The standard InChI is InChI=1S/C18H24N2/c1-13-11-15(20-9-2-3-10-20)7-8-17(13)19-18-12-14-5-4-6-16(14)18/h4,6-8,11,14,16,18-19H,2-3,5,9-10,12H2,1H3. The molecule has 2 nitrogen and oxygen atoms in total. The molecule has 3 atom stereocenters. The van der Waals surface area contributed by atoms with E-state index in [4.69, 9.17) is 0 Å². The highest BCUT2D eigenvalue weighted by Crippen LogP contribution is 2.44. The van der Waals surface area contributed by atoms with E-state index < -0.39 is 0 Å². The van der Waals surface area contributed by atoms with Crippen molar-refractivity contribution in [2.24, 2.45) is 11.8 Å². The first kappa shape index (κ1) is 12.3. The fourth-order valence-electron chi connectivity index (χ4n) is 4.06. The summed E-state index contributed by atoms with van der Waals surface area (Å²) in [5, 5.41) is 3.77. The highest BCUT2D eigenvalue weighted by atomic mass is 15.1. The number of rotatable bonds is 3. The van der Waals surface area contributed by atoms with Crippen molar-refractivity contribution >= 4 is 11.4 Å². The summed E-state index contributed by atoms with van der Waals surface area (Å²) in [7, 11) is 0. The molecule has 0 spiro atoms. The number of anilines is 2. The molecule has 1 aromatic carbocycles. The number of hydrogen-bond acceptors (Lipinski definition) is 2. The van der Waals surface area contributed by atoms with E-state index in [1.165, 1.54) is 55.7 Å². The van der Waals surface area contributed by atoms with Crippen LogP contribution in [-0.4, -0.2) is 19.1 Å². The minimum absolute atomic E-state index is 0.662. The van der Waals surface area contributed by atoms with Crippen molar-refractivity contribution in [3.63, 3.8) is 0 Å². The summed E-state index contributed by atoms with van der Waals surface area (Å²) in [6.45, 7) is 4.69. The lowest BCUT2D eigenvalue weighted by Crippen LogP contribution is -2.43. The molecule has 2 fully saturated rings. The van der Waals surface area contributed by atoms with Crippen molar-refractivity contribution < 1.29 is 0 Å². The molecule has 1 saturated heterocycles. The van der Waals surface area contributed by atoms with E-state index >= 15 is 0 Å². The summed E-state index contributed by atoms with van der Waals surface area (Å²) < 4.78 is 0. The third-order valence-electron chi connectivity index (χ3n) is 5.38. The quantitative estimate of drug-likeness (QED) is 0.834. The highest BCUT2D eigenvalue weighted by molar-refractivity contribution is 5.61. The highest BCUT2D eigenvalue weighted by Gasteiger charge is 2.40. The first-order chi connectivity index (χ1) is 9.81. The summed E-state index contributed by atoms with van der Waals surface area (Å²) in [5.41, 5.74) is 4.12. The van der Waals surface area contributed by atoms with Crippen molar-refractivity contribution in [1.82, 2.24) is 0 Å². The molecule has 4 rings (SSSR count). The number of hydrogen-bond donors (Lipinski definition) is 1. The zero-order valence-corrected chi connectivity index (χ0v) is 12.3. The van der Waals surface area contributed by atoms with Crippen LogP contribution in [0.1, 0.15) is 31.2 Å². The molecule has 2 aliphatic carbocycles. The van der Waals surface area contributed by atoms with Crippen LogP contribution >= 0.6 is 0 Å². The van der Waals surface area contributed by atoms with Crippen molar-refractivity contribution in [1.29, 1.82) is 0 Å². The van der Waals surface area contributed by atoms with Gasteiger partial charge >= 0.3 is 0 Å². The maximum absolute atomic E-state index is 3.77. The monoisotopic (exact) mass is 268 g/mol. The van der Waals surface area contributed by atoms with E-state index in [0.29, 0.717) is 6.04 Å². The number of nitrogens with one attached hydrogen (secondary N) is 1. The number of allylic oxidation sites excluding steroid dienone is 1. The van der Waals surface area contributed by atoms with Gasteiger partial charge in [-0.15, -0.1) is 0 Å². The van der Waals surface area contributed by atoms with Gasteiger partial charge in [-0.3, -0.25) is 0 Å². The maximum Gasteiger partial charge on any atom is 0.0373 e. The van der Waals surface area contributed by atoms with Crippen LogP contribution in [0.4, 0.5) is 11.4 Å². The minimum atomic E-state index is 0.662. The fourth-order valence-corrected chi connectivity index (χ4v) is 4.06. The molecule has 1 aromatic rings. The molecule has 1 heterocycles. The molecule has 106 valence electrons. The lowest BCUT2D eigenvalue weighted by Gasteiger charge is -2.41. The molecule has 0 aromatic heterocycles. The van der Waals surface area contributed by atoms with Crippen LogP contribution in [0, 0.1) is 18.8 Å². The second-order valence-electron chi connectivity index (χ2n) is 6.68. The van der Waals surface area contributed by atoms with Gasteiger partial charge in [-0.25, -0.2) is 0 Å². The van der Waals surface area contributed by atoms with Crippen molar-refractivity contribution in [3.8, 4) is 0 Å². The number of benzene rings is 1. The Morgan fingerprint density at radius 1 is 1.20 bits per heavy atom. The Balaban J connectivity index is 1.47. The molecule has 0 bridgehead atoms. The van der Waals surface area contributed by atoms with Gasteiger partial charge in [0.05, 0.1) is 0 Å². The molecular formula is C18H24N2. The van der Waals surface area contributed by atoms with Crippen molar-refractivity contribution in [2.75, 3.05) is 23.3 Å². The molecule has 0 radical (unpaired) electrons. The molecule has 0 amide bonds. The lowest BCUT2D eigenvalue weighted by molar-refractivity contribution is 0.218. The Bertz CT molecular complexity index is 528.